The van der Waals surface area contributed by atoms with E-state index >= 15 is 0 Å². The second-order valence-corrected chi connectivity index (χ2v) is 9.76. The Kier molecular flexibility index (Phi) is 6.11. The number of carbonyl (C=O) groups is 1. The molecule has 1 aliphatic rings. The maximum atomic E-state index is 14.7. The standard InChI is InChI=1S/C21H22AsClFN5O/c1-12-8-13(9-18(23)26-12)17-10-25-20(27-17)21(30)28-16-6-2-5-15(24)19(16)29-7-3-4-14(22)11-29/h2,5-6,8-10,14H,3-4,7,11,22H2,1H3,(H,25,27)(H,28,30)/t14-/m1/s1. The molecule has 1 fully saturated rings. The van der Waals surface area contributed by atoms with Gasteiger partial charge in [-0.1, -0.05) is 11.6 Å². The molecule has 0 radical (unpaired) electrons. The Morgan fingerprint density at radius 2 is 2.20 bits per heavy atom. The van der Waals surface area contributed by atoms with Crippen LogP contribution < -0.4 is 10.2 Å². The summed E-state index contributed by atoms with van der Waals surface area (Å²) in [4.78, 5) is 26.2. The number of hydrogen-bond acceptors (Lipinski definition) is 4. The average molecular weight is 490 g/mol. The normalized spacial score (nSPS) is 16.5. The molecule has 2 aromatic heterocycles. The molecular weight excluding hydrogens is 468 g/mol. The first-order valence-electron chi connectivity index (χ1n) is 9.71. The predicted octanol–water partition coefficient (Wildman–Crippen LogP) is 3.85. The Hall–Kier alpha value is -2.37. The Labute approximate surface area is 187 Å². The molecule has 0 bridgehead atoms. The Morgan fingerprint density at radius 3 is 2.97 bits per heavy atom. The molecule has 3 aromatic rings. The van der Waals surface area contributed by atoms with E-state index in [4.69, 9.17) is 11.6 Å². The van der Waals surface area contributed by atoms with Crippen LogP contribution in [0.5, 0.6) is 0 Å². The monoisotopic (exact) mass is 489 g/mol. The minimum absolute atomic E-state index is 0.140. The zero-order valence-corrected chi connectivity index (χ0v) is 19.6. The van der Waals surface area contributed by atoms with Gasteiger partial charge in [0.1, 0.15) is 5.15 Å². The fourth-order valence-corrected chi connectivity index (χ4v) is 4.97. The topological polar surface area (TPSA) is 73.9 Å². The molecule has 2 N–H and O–H groups in total. The van der Waals surface area contributed by atoms with Gasteiger partial charge in [0.25, 0.3) is 0 Å². The summed E-state index contributed by atoms with van der Waals surface area (Å²) in [7, 11) is 0. The number of amides is 1. The molecule has 1 aromatic carbocycles. The number of para-hydroxylation sites is 1. The number of H-pyrrole nitrogens is 1. The van der Waals surface area contributed by atoms with Crippen LogP contribution in [-0.4, -0.2) is 50.8 Å². The van der Waals surface area contributed by atoms with Gasteiger partial charge in [0.15, 0.2) is 0 Å². The second-order valence-electron chi connectivity index (χ2n) is 7.39. The zero-order valence-electron chi connectivity index (χ0n) is 16.5. The summed E-state index contributed by atoms with van der Waals surface area (Å²) in [5.41, 5.74) is 2.99. The van der Waals surface area contributed by atoms with Crippen molar-refractivity contribution in [3.05, 3.63) is 59.0 Å². The van der Waals surface area contributed by atoms with Crippen molar-refractivity contribution in [3.8, 4) is 11.3 Å². The molecule has 0 spiro atoms. The molecule has 3 heterocycles. The van der Waals surface area contributed by atoms with Gasteiger partial charge in [-0.05, 0) is 6.92 Å². The van der Waals surface area contributed by atoms with E-state index in [-0.39, 0.29) is 11.6 Å². The first kappa shape index (κ1) is 20.9. The van der Waals surface area contributed by atoms with Crippen molar-refractivity contribution in [2.75, 3.05) is 23.3 Å². The Bertz CT molecular complexity index is 1070. The van der Waals surface area contributed by atoms with Crippen molar-refractivity contribution in [1.29, 1.82) is 0 Å². The fourth-order valence-electron chi connectivity index (χ4n) is 3.69. The number of pyridine rings is 1. The Morgan fingerprint density at radius 1 is 1.37 bits per heavy atom. The van der Waals surface area contributed by atoms with Crippen molar-refractivity contribution in [3.63, 3.8) is 0 Å². The van der Waals surface area contributed by atoms with Crippen LogP contribution in [0.1, 0.15) is 29.2 Å². The van der Waals surface area contributed by atoms with Crippen LogP contribution in [0.15, 0.2) is 36.5 Å². The third-order valence-electron chi connectivity index (χ3n) is 5.02. The first-order chi connectivity index (χ1) is 14.4. The molecule has 0 aliphatic carbocycles. The van der Waals surface area contributed by atoms with Gasteiger partial charge in [0.2, 0.25) is 0 Å². The van der Waals surface area contributed by atoms with E-state index in [1.807, 2.05) is 17.9 Å². The molecule has 4 rings (SSSR count). The number of nitrogens with one attached hydrogen (secondary N) is 2. The fraction of sp³-hybridized carbons (Fsp3) is 0.286. The van der Waals surface area contributed by atoms with Crippen LogP contribution in [0, 0.1) is 12.7 Å². The van der Waals surface area contributed by atoms with Crippen molar-refractivity contribution in [1.82, 2.24) is 15.0 Å². The van der Waals surface area contributed by atoms with E-state index in [0.717, 1.165) is 37.2 Å². The van der Waals surface area contributed by atoms with Gasteiger partial charge in [-0.3, -0.25) is 0 Å². The summed E-state index contributed by atoms with van der Waals surface area (Å²) in [5, 5.41) is 3.18. The summed E-state index contributed by atoms with van der Waals surface area (Å²) in [6.45, 7) is 3.40. The van der Waals surface area contributed by atoms with Crippen LogP contribution in [0.3, 0.4) is 0 Å². The number of carbonyl (C=O) groups excluding carboxylic acids is 1. The van der Waals surface area contributed by atoms with Crippen LogP contribution in [0.4, 0.5) is 15.8 Å². The average Bonchev–Trinajstić information content (AvgIpc) is 3.18. The predicted molar refractivity (Wildman–Crippen MR) is 120 cm³/mol. The summed E-state index contributed by atoms with van der Waals surface area (Å²) in [5.74, 6) is -0.628. The number of piperidine rings is 1. The third-order valence-corrected chi connectivity index (χ3v) is 6.36. The molecule has 9 heteroatoms. The number of rotatable bonds is 4. The zero-order chi connectivity index (χ0) is 21.3. The first-order valence-corrected chi connectivity index (χ1v) is 11.5. The second kappa shape index (κ2) is 8.78. The van der Waals surface area contributed by atoms with Gasteiger partial charge < -0.3 is 0 Å². The van der Waals surface area contributed by atoms with Gasteiger partial charge in [-0.15, -0.1) is 0 Å². The molecule has 6 nitrogen and oxygen atoms in total. The SMILES string of the molecule is Cc1cc(-c2c[nH]c(C(=O)Nc3cccc(F)c3N3CCC[C@@H]([AsH2])C3)n2)cc(Cl)n1. The summed E-state index contributed by atoms with van der Waals surface area (Å²) in [6, 6.07) is 8.27. The summed E-state index contributed by atoms with van der Waals surface area (Å²) >= 11 is 7.69. The number of halogens is 2. The third kappa shape index (κ3) is 4.52. The molecule has 2 atom stereocenters. The minimum Gasteiger partial charge on any atom is -0.241 e. The maximum absolute atomic E-state index is 14.7. The van der Waals surface area contributed by atoms with Crippen molar-refractivity contribution >= 4 is 45.7 Å². The number of hydrogen-bond donors (Lipinski definition) is 2. The molecule has 30 heavy (non-hydrogen) atoms. The smallest absolute Gasteiger partial charge is 0.241 e. The van der Waals surface area contributed by atoms with E-state index in [9.17, 15) is 9.18 Å². The van der Waals surface area contributed by atoms with E-state index in [0.29, 0.717) is 26.9 Å². The molecule has 1 amide bonds. The van der Waals surface area contributed by atoms with E-state index in [1.54, 1.807) is 41.2 Å². The quantitative estimate of drug-likeness (QED) is 0.431. The van der Waals surface area contributed by atoms with Crippen molar-refractivity contribution in [2.45, 2.75) is 24.5 Å². The number of aryl methyl sites for hydroxylation is 1. The summed E-state index contributed by atoms with van der Waals surface area (Å²) < 4.78 is 15.2. The van der Waals surface area contributed by atoms with Gasteiger partial charge in [-0.2, -0.15) is 0 Å². The number of benzene rings is 1. The van der Waals surface area contributed by atoms with Crippen molar-refractivity contribution < 1.29 is 9.18 Å². The molecule has 156 valence electrons. The van der Waals surface area contributed by atoms with Crippen LogP contribution in [0.25, 0.3) is 11.3 Å². The molecular formula is C21H22AsClFN5O. The van der Waals surface area contributed by atoms with E-state index in [1.165, 1.54) is 6.07 Å². The van der Waals surface area contributed by atoms with E-state index in [2.05, 4.69) is 20.3 Å². The minimum atomic E-state index is -0.431. The van der Waals surface area contributed by atoms with Gasteiger partial charge in [0, 0.05) is 5.69 Å². The number of anilines is 2. The molecule has 0 saturated carbocycles. The van der Waals surface area contributed by atoms with Gasteiger partial charge >= 0.3 is 154 Å². The van der Waals surface area contributed by atoms with Crippen LogP contribution >= 0.6 is 11.6 Å². The number of nitrogens with zero attached hydrogens (tertiary/aromatic N) is 3. The number of aromatic nitrogens is 3. The molecule has 1 unspecified atom stereocenters. The van der Waals surface area contributed by atoms with Crippen molar-refractivity contribution in [2.24, 2.45) is 0 Å². The van der Waals surface area contributed by atoms with Gasteiger partial charge in [-0.25, -0.2) is 4.98 Å². The van der Waals surface area contributed by atoms with Gasteiger partial charge in [0.05, 0.1) is 0 Å². The number of imidazole rings is 1. The van der Waals surface area contributed by atoms with Crippen LogP contribution in [-0.2, 0) is 0 Å². The molecule has 1 aliphatic heterocycles. The van der Waals surface area contributed by atoms with Crippen LogP contribution in [0.2, 0.25) is 9.86 Å². The number of aromatic amines is 1. The van der Waals surface area contributed by atoms with E-state index < -0.39 is 5.91 Å². The Balaban J connectivity index is 1.58. The molecule has 1 saturated heterocycles. The summed E-state index contributed by atoms with van der Waals surface area (Å²) in [6.07, 6.45) is 3.81.